The van der Waals surface area contributed by atoms with Crippen LogP contribution in [-0.4, -0.2) is 19.1 Å². The molecule has 0 atom stereocenters. The summed E-state index contributed by atoms with van der Waals surface area (Å²) in [6.07, 6.45) is 1.83. The summed E-state index contributed by atoms with van der Waals surface area (Å²) < 4.78 is 4.81. The van der Waals surface area contributed by atoms with Crippen LogP contribution in [0.4, 0.5) is 0 Å². The van der Waals surface area contributed by atoms with Gasteiger partial charge in [0.25, 0.3) is 0 Å². The van der Waals surface area contributed by atoms with Crippen molar-refractivity contribution in [3.8, 4) is 0 Å². The Labute approximate surface area is 73.6 Å². The molecular weight excluding hydrogens is 154 g/mol. The SMILES string of the molecule is CCOC(=O)C(=CC(C)C)CN. The molecule has 0 rings (SSSR count). The number of ether oxygens (including phenoxy) is 1. The lowest BCUT2D eigenvalue weighted by atomic mass is 10.1. The number of hydrogen-bond acceptors (Lipinski definition) is 3. The van der Waals surface area contributed by atoms with Gasteiger partial charge in [-0.2, -0.15) is 0 Å². The van der Waals surface area contributed by atoms with Gasteiger partial charge in [-0.25, -0.2) is 4.79 Å². The normalized spacial score (nSPS) is 11.9. The molecule has 0 aromatic rings. The summed E-state index contributed by atoms with van der Waals surface area (Å²) in [7, 11) is 0. The van der Waals surface area contributed by atoms with Gasteiger partial charge in [0.2, 0.25) is 0 Å². The van der Waals surface area contributed by atoms with E-state index in [0.29, 0.717) is 18.1 Å². The van der Waals surface area contributed by atoms with Crippen molar-refractivity contribution in [2.24, 2.45) is 11.7 Å². The van der Waals surface area contributed by atoms with Gasteiger partial charge >= 0.3 is 5.97 Å². The van der Waals surface area contributed by atoms with Crippen molar-refractivity contribution in [1.29, 1.82) is 0 Å². The number of hydrogen-bond donors (Lipinski definition) is 1. The molecule has 0 heterocycles. The molecule has 0 aliphatic carbocycles. The Hall–Kier alpha value is -0.830. The molecule has 0 aliphatic rings. The Morgan fingerprint density at radius 3 is 2.50 bits per heavy atom. The zero-order chi connectivity index (χ0) is 9.56. The van der Waals surface area contributed by atoms with Gasteiger partial charge in [-0.1, -0.05) is 19.9 Å². The summed E-state index contributed by atoms with van der Waals surface area (Å²) in [6.45, 7) is 6.41. The van der Waals surface area contributed by atoms with E-state index in [-0.39, 0.29) is 12.5 Å². The van der Waals surface area contributed by atoms with Crippen LogP contribution >= 0.6 is 0 Å². The van der Waals surface area contributed by atoms with Gasteiger partial charge in [0.05, 0.1) is 6.61 Å². The van der Waals surface area contributed by atoms with Gasteiger partial charge in [-0.05, 0) is 12.8 Å². The zero-order valence-electron chi connectivity index (χ0n) is 7.96. The third-order valence-electron chi connectivity index (χ3n) is 1.29. The van der Waals surface area contributed by atoms with E-state index in [9.17, 15) is 4.79 Å². The summed E-state index contributed by atoms with van der Waals surface area (Å²) in [6, 6.07) is 0. The van der Waals surface area contributed by atoms with Crippen molar-refractivity contribution in [3.63, 3.8) is 0 Å². The molecule has 0 amide bonds. The number of carbonyl (C=O) groups is 1. The van der Waals surface area contributed by atoms with Crippen LogP contribution in [0.3, 0.4) is 0 Å². The lowest BCUT2D eigenvalue weighted by Gasteiger charge is -2.05. The summed E-state index contributed by atoms with van der Waals surface area (Å²) in [5, 5.41) is 0. The van der Waals surface area contributed by atoms with E-state index in [0.717, 1.165) is 0 Å². The Balaban J connectivity index is 4.23. The largest absolute Gasteiger partial charge is 0.463 e. The minimum atomic E-state index is -0.297. The fourth-order valence-corrected chi connectivity index (χ4v) is 0.846. The van der Waals surface area contributed by atoms with Crippen LogP contribution in [0, 0.1) is 5.92 Å². The van der Waals surface area contributed by atoms with Crippen LogP contribution in [0.25, 0.3) is 0 Å². The van der Waals surface area contributed by atoms with Gasteiger partial charge in [-0.3, -0.25) is 0 Å². The molecule has 0 aromatic carbocycles. The predicted octanol–water partition coefficient (Wildman–Crippen LogP) is 1.09. The smallest absolute Gasteiger partial charge is 0.334 e. The zero-order valence-corrected chi connectivity index (χ0v) is 7.96. The van der Waals surface area contributed by atoms with E-state index in [1.54, 1.807) is 6.92 Å². The summed E-state index contributed by atoms with van der Waals surface area (Å²) in [4.78, 5) is 11.1. The highest BCUT2D eigenvalue weighted by atomic mass is 16.5. The highest BCUT2D eigenvalue weighted by Crippen LogP contribution is 2.02. The van der Waals surface area contributed by atoms with Crippen LogP contribution in [0.2, 0.25) is 0 Å². The standard InChI is InChI=1S/C9H17NO2/c1-4-12-9(11)8(6-10)5-7(2)3/h5,7H,4,6,10H2,1-3H3. The van der Waals surface area contributed by atoms with Crippen molar-refractivity contribution in [2.75, 3.05) is 13.2 Å². The third-order valence-corrected chi connectivity index (χ3v) is 1.29. The highest BCUT2D eigenvalue weighted by molar-refractivity contribution is 5.88. The van der Waals surface area contributed by atoms with Gasteiger partial charge in [0.15, 0.2) is 0 Å². The van der Waals surface area contributed by atoms with Crippen LogP contribution in [0.5, 0.6) is 0 Å². The van der Waals surface area contributed by atoms with Crippen LogP contribution in [0.15, 0.2) is 11.6 Å². The van der Waals surface area contributed by atoms with Crippen molar-refractivity contribution in [2.45, 2.75) is 20.8 Å². The first-order chi connectivity index (χ1) is 5.61. The van der Waals surface area contributed by atoms with Crippen molar-refractivity contribution in [1.82, 2.24) is 0 Å². The number of esters is 1. The second-order valence-electron chi connectivity index (χ2n) is 2.86. The second-order valence-corrected chi connectivity index (χ2v) is 2.86. The Morgan fingerprint density at radius 1 is 1.58 bits per heavy atom. The summed E-state index contributed by atoms with van der Waals surface area (Å²) in [5.74, 6) is 0.0293. The monoisotopic (exact) mass is 171 g/mol. The van der Waals surface area contributed by atoms with Gasteiger partial charge in [-0.15, -0.1) is 0 Å². The molecule has 12 heavy (non-hydrogen) atoms. The van der Waals surface area contributed by atoms with Crippen LogP contribution < -0.4 is 5.73 Å². The molecule has 0 aliphatic heterocycles. The molecule has 70 valence electrons. The molecule has 3 nitrogen and oxygen atoms in total. The molecule has 0 saturated carbocycles. The highest BCUT2D eigenvalue weighted by Gasteiger charge is 2.08. The first-order valence-electron chi connectivity index (χ1n) is 4.19. The molecule has 0 fully saturated rings. The summed E-state index contributed by atoms with van der Waals surface area (Å²) in [5.41, 5.74) is 5.95. The third kappa shape index (κ3) is 4.13. The fourth-order valence-electron chi connectivity index (χ4n) is 0.846. The van der Waals surface area contributed by atoms with Gasteiger partial charge in [0.1, 0.15) is 0 Å². The second kappa shape index (κ2) is 5.77. The molecule has 3 heteroatoms. The van der Waals surface area contributed by atoms with E-state index in [2.05, 4.69) is 0 Å². The first-order valence-corrected chi connectivity index (χ1v) is 4.19. The number of carbonyl (C=O) groups excluding carboxylic acids is 1. The number of nitrogens with two attached hydrogens (primary N) is 1. The average Bonchev–Trinajstić information content (AvgIpc) is 2.00. The first kappa shape index (κ1) is 11.2. The maximum absolute atomic E-state index is 11.1. The molecule has 2 N–H and O–H groups in total. The average molecular weight is 171 g/mol. The quantitative estimate of drug-likeness (QED) is 0.509. The van der Waals surface area contributed by atoms with Crippen molar-refractivity contribution < 1.29 is 9.53 Å². The van der Waals surface area contributed by atoms with E-state index in [4.69, 9.17) is 10.5 Å². The molecule has 0 bridgehead atoms. The summed E-state index contributed by atoms with van der Waals surface area (Å²) >= 11 is 0. The van der Waals surface area contributed by atoms with E-state index < -0.39 is 0 Å². The Morgan fingerprint density at radius 2 is 2.17 bits per heavy atom. The van der Waals surface area contributed by atoms with Crippen molar-refractivity contribution >= 4 is 5.97 Å². The molecular formula is C9H17NO2. The van der Waals surface area contributed by atoms with Crippen molar-refractivity contribution in [3.05, 3.63) is 11.6 Å². The lowest BCUT2D eigenvalue weighted by Crippen LogP contribution is -2.16. The van der Waals surface area contributed by atoms with Crippen LogP contribution in [-0.2, 0) is 9.53 Å². The maximum Gasteiger partial charge on any atom is 0.334 e. The molecule has 0 saturated heterocycles. The molecule has 0 radical (unpaired) electrons. The fraction of sp³-hybridized carbons (Fsp3) is 0.667. The minimum absolute atomic E-state index is 0.247. The molecule has 0 spiro atoms. The minimum Gasteiger partial charge on any atom is -0.463 e. The van der Waals surface area contributed by atoms with E-state index in [1.807, 2.05) is 19.9 Å². The molecule has 0 unspecified atom stereocenters. The number of rotatable bonds is 4. The maximum atomic E-state index is 11.1. The van der Waals surface area contributed by atoms with E-state index in [1.165, 1.54) is 0 Å². The van der Waals surface area contributed by atoms with E-state index >= 15 is 0 Å². The lowest BCUT2D eigenvalue weighted by molar-refractivity contribution is -0.138. The molecule has 0 aromatic heterocycles. The number of allylic oxidation sites excluding steroid dienone is 1. The van der Waals surface area contributed by atoms with Crippen LogP contribution in [0.1, 0.15) is 20.8 Å². The Kier molecular flexibility index (Phi) is 5.37. The Bertz CT molecular complexity index is 173. The topological polar surface area (TPSA) is 52.3 Å². The van der Waals surface area contributed by atoms with Gasteiger partial charge < -0.3 is 10.5 Å². The van der Waals surface area contributed by atoms with Gasteiger partial charge in [0, 0.05) is 12.1 Å². The predicted molar refractivity (Wildman–Crippen MR) is 48.6 cm³/mol.